The molecule has 0 rings (SSSR count). The summed E-state index contributed by atoms with van der Waals surface area (Å²) in [4.78, 5) is 38.0. The van der Waals surface area contributed by atoms with Crippen LogP contribution < -0.4 is 0 Å². The number of ether oxygens (including phenoxy) is 3. The Morgan fingerprint density at radius 3 is 0.870 bits per heavy atom. The van der Waals surface area contributed by atoms with Gasteiger partial charge in [-0.3, -0.25) is 14.4 Å². The molecular formula is C63H98O6. The summed E-state index contributed by atoms with van der Waals surface area (Å²) in [6.07, 6.45) is 79.9. The molecule has 6 heteroatoms. The van der Waals surface area contributed by atoms with E-state index in [9.17, 15) is 14.4 Å². The van der Waals surface area contributed by atoms with Gasteiger partial charge in [-0.15, -0.1) is 0 Å². The van der Waals surface area contributed by atoms with E-state index < -0.39 is 12.1 Å². The Kier molecular flexibility index (Phi) is 52.1. The number of allylic oxidation sites excluding steroid dienone is 24. The van der Waals surface area contributed by atoms with E-state index in [2.05, 4.69) is 154 Å². The number of unbranched alkanes of at least 4 members (excludes halogenated alkanes) is 12. The third-order valence-corrected chi connectivity index (χ3v) is 10.8. The van der Waals surface area contributed by atoms with Crippen LogP contribution in [0, 0.1) is 0 Å². The van der Waals surface area contributed by atoms with Crippen LogP contribution in [0.1, 0.15) is 213 Å². The van der Waals surface area contributed by atoms with Crippen molar-refractivity contribution in [3.05, 3.63) is 146 Å². The molecule has 0 aromatic rings. The van der Waals surface area contributed by atoms with E-state index in [1.807, 2.05) is 12.2 Å². The Labute approximate surface area is 423 Å². The van der Waals surface area contributed by atoms with Gasteiger partial charge in [0.2, 0.25) is 0 Å². The molecule has 0 N–H and O–H groups in total. The topological polar surface area (TPSA) is 78.9 Å². The van der Waals surface area contributed by atoms with Crippen LogP contribution in [0.4, 0.5) is 0 Å². The third-order valence-electron chi connectivity index (χ3n) is 10.8. The molecule has 0 saturated carbocycles. The molecule has 0 fully saturated rings. The molecule has 0 saturated heterocycles. The second-order valence-electron chi connectivity index (χ2n) is 17.4. The van der Waals surface area contributed by atoms with Crippen molar-refractivity contribution in [2.24, 2.45) is 0 Å². The SMILES string of the molecule is CCCCC/C=C\C/C=C\C/C=C\C/C=C\C/C=C\CCC(=O)O[C@H](COC(=O)CCC/C=C\C/C=C\C/C=C\C/C=C\CCCCC)COC(=O)CCCC/C=C\C/C=C\C/C=C\CCCCC. The summed E-state index contributed by atoms with van der Waals surface area (Å²) in [6.45, 7) is 6.39. The molecule has 0 spiro atoms. The van der Waals surface area contributed by atoms with Gasteiger partial charge >= 0.3 is 17.9 Å². The van der Waals surface area contributed by atoms with Crippen LogP contribution in [-0.2, 0) is 28.6 Å². The van der Waals surface area contributed by atoms with Gasteiger partial charge in [0.25, 0.3) is 0 Å². The first-order valence-electron chi connectivity index (χ1n) is 27.3. The zero-order valence-corrected chi connectivity index (χ0v) is 44.0. The molecule has 0 aliphatic rings. The highest BCUT2D eigenvalue weighted by Crippen LogP contribution is 2.09. The first kappa shape index (κ1) is 64.3. The highest BCUT2D eigenvalue weighted by Gasteiger charge is 2.19. The summed E-state index contributed by atoms with van der Waals surface area (Å²) >= 11 is 0. The van der Waals surface area contributed by atoms with Crippen molar-refractivity contribution in [3.63, 3.8) is 0 Å². The summed E-state index contributed by atoms with van der Waals surface area (Å²) in [5, 5.41) is 0. The van der Waals surface area contributed by atoms with Crippen molar-refractivity contribution in [2.75, 3.05) is 13.2 Å². The number of hydrogen-bond acceptors (Lipinski definition) is 6. The van der Waals surface area contributed by atoms with E-state index in [0.29, 0.717) is 19.3 Å². The zero-order valence-electron chi connectivity index (χ0n) is 44.0. The smallest absolute Gasteiger partial charge is 0.306 e. The minimum atomic E-state index is -0.862. The van der Waals surface area contributed by atoms with E-state index >= 15 is 0 Å². The lowest BCUT2D eigenvalue weighted by atomic mass is 10.1. The first-order chi connectivity index (χ1) is 34.0. The van der Waals surface area contributed by atoms with Crippen molar-refractivity contribution < 1.29 is 28.6 Å². The van der Waals surface area contributed by atoms with Crippen molar-refractivity contribution in [3.8, 4) is 0 Å². The molecule has 69 heavy (non-hydrogen) atoms. The normalized spacial score (nSPS) is 13.3. The molecule has 0 radical (unpaired) electrons. The standard InChI is InChI=1S/C63H98O6/c1-4-7-10-13-16-19-22-25-28-30-31-33-36-39-42-45-48-51-54-57-63(66)69-60(58-67-61(64)55-52-49-46-43-40-37-34-27-24-21-18-15-12-9-6-3)59-68-62(65)56-53-50-47-44-41-38-35-32-29-26-23-20-17-14-11-8-5-2/h16-21,25-29,31,33-35,38-40,42-44,47-48,51,60H,4-15,22-24,30,32,36-37,41,45-46,49-50,52-59H2,1-3H3/b19-16-,20-17-,21-18-,28-25-,29-26-,33-31-,34-27-,38-35-,42-39-,43-40-,47-44-,51-48-/t60-/m0/s1. The summed E-state index contributed by atoms with van der Waals surface area (Å²) in [5.74, 6) is -1.14. The van der Waals surface area contributed by atoms with Crippen LogP contribution in [0.3, 0.4) is 0 Å². The molecule has 0 aliphatic carbocycles. The zero-order chi connectivity index (χ0) is 50.0. The predicted molar refractivity (Wildman–Crippen MR) is 297 cm³/mol. The maximum absolute atomic E-state index is 12.8. The maximum atomic E-state index is 12.8. The fourth-order valence-corrected chi connectivity index (χ4v) is 6.66. The van der Waals surface area contributed by atoms with Crippen molar-refractivity contribution >= 4 is 17.9 Å². The van der Waals surface area contributed by atoms with E-state index in [0.717, 1.165) is 77.0 Å². The number of carbonyl (C=O) groups is 3. The van der Waals surface area contributed by atoms with Crippen LogP contribution in [0.15, 0.2) is 146 Å². The summed E-state index contributed by atoms with van der Waals surface area (Å²) < 4.78 is 16.7. The minimum absolute atomic E-state index is 0.151. The summed E-state index contributed by atoms with van der Waals surface area (Å²) in [5.41, 5.74) is 0. The Balaban J connectivity index is 4.68. The van der Waals surface area contributed by atoms with E-state index in [-0.39, 0.29) is 44.4 Å². The van der Waals surface area contributed by atoms with Gasteiger partial charge in [-0.05, 0) is 135 Å². The van der Waals surface area contributed by atoms with Crippen LogP contribution >= 0.6 is 0 Å². The second kappa shape index (κ2) is 55.9. The highest BCUT2D eigenvalue weighted by molar-refractivity contribution is 5.71. The highest BCUT2D eigenvalue weighted by atomic mass is 16.6. The molecule has 0 aromatic heterocycles. The fraction of sp³-hybridized carbons (Fsp3) is 0.571. The molecular weight excluding hydrogens is 853 g/mol. The van der Waals surface area contributed by atoms with Crippen molar-refractivity contribution in [2.45, 2.75) is 219 Å². The fourth-order valence-electron chi connectivity index (χ4n) is 6.66. The molecule has 0 amide bonds. The Bertz CT molecular complexity index is 1560. The Morgan fingerprint density at radius 2 is 0.551 bits per heavy atom. The van der Waals surface area contributed by atoms with Gasteiger partial charge in [0.15, 0.2) is 6.10 Å². The van der Waals surface area contributed by atoms with Gasteiger partial charge in [0.05, 0.1) is 0 Å². The number of carbonyl (C=O) groups excluding carboxylic acids is 3. The van der Waals surface area contributed by atoms with Gasteiger partial charge in [0.1, 0.15) is 13.2 Å². The number of rotatable bonds is 47. The van der Waals surface area contributed by atoms with Crippen LogP contribution in [0.25, 0.3) is 0 Å². The Morgan fingerprint density at radius 1 is 0.290 bits per heavy atom. The van der Waals surface area contributed by atoms with Crippen LogP contribution in [0.2, 0.25) is 0 Å². The average Bonchev–Trinajstić information content (AvgIpc) is 3.35. The molecule has 6 nitrogen and oxygen atoms in total. The lowest BCUT2D eigenvalue weighted by molar-refractivity contribution is -0.166. The number of hydrogen-bond donors (Lipinski definition) is 0. The largest absolute Gasteiger partial charge is 0.462 e. The molecule has 386 valence electrons. The average molecular weight is 951 g/mol. The third kappa shape index (κ3) is 54.1. The van der Waals surface area contributed by atoms with Gasteiger partial charge in [0, 0.05) is 19.3 Å². The second-order valence-corrected chi connectivity index (χ2v) is 17.4. The molecule has 1 atom stereocenters. The number of esters is 3. The monoisotopic (exact) mass is 951 g/mol. The molecule has 0 heterocycles. The molecule has 0 bridgehead atoms. The van der Waals surface area contributed by atoms with Crippen molar-refractivity contribution in [1.82, 2.24) is 0 Å². The van der Waals surface area contributed by atoms with Gasteiger partial charge in [-0.2, -0.15) is 0 Å². The summed E-state index contributed by atoms with van der Waals surface area (Å²) in [7, 11) is 0. The molecule has 0 aromatic carbocycles. The predicted octanol–water partition coefficient (Wildman–Crippen LogP) is 18.4. The van der Waals surface area contributed by atoms with E-state index in [4.69, 9.17) is 14.2 Å². The van der Waals surface area contributed by atoms with E-state index in [1.54, 1.807) is 0 Å². The quantitative estimate of drug-likeness (QED) is 0.0262. The van der Waals surface area contributed by atoms with Gasteiger partial charge in [-0.1, -0.05) is 205 Å². The lowest BCUT2D eigenvalue weighted by Crippen LogP contribution is -2.30. The van der Waals surface area contributed by atoms with E-state index in [1.165, 1.54) is 77.0 Å². The van der Waals surface area contributed by atoms with Crippen molar-refractivity contribution in [1.29, 1.82) is 0 Å². The lowest BCUT2D eigenvalue weighted by Gasteiger charge is -2.18. The minimum Gasteiger partial charge on any atom is -0.462 e. The van der Waals surface area contributed by atoms with Gasteiger partial charge in [-0.25, -0.2) is 0 Å². The van der Waals surface area contributed by atoms with Crippen LogP contribution in [-0.4, -0.2) is 37.2 Å². The molecule has 0 unspecified atom stereocenters. The summed E-state index contributed by atoms with van der Waals surface area (Å²) in [6, 6.07) is 0. The van der Waals surface area contributed by atoms with Gasteiger partial charge < -0.3 is 14.2 Å². The Hall–Kier alpha value is -4.71. The van der Waals surface area contributed by atoms with Crippen LogP contribution in [0.5, 0.6) is 0 Å². The first-order valence-corrected chi connectivity index (χ1v) is 27.3. The molecule has 0 aliphatic heterocycles. The maximum Gasteiger partial charge on any atom is 0.306 e.